The monoisotopic (exact) mass is 263 g/mol. The molecule has 1 aliphatic rings. The predicted octanol–water partition coefficient (Wildman–Crippen LogP) is 2.85. The maximum Gasteiger partial charge on any atom is 0.118 e. The first-order chi connectivity index (χ1) is 9.13. The molecular weight excluding hydrogens is 238 g/mol. The Morgan fingerprint density at radius 3 is 2.16 bits per heavy atom. The molecule has 1 aromatic rings. The van der Waals surface area contributed by atoms with Gasteiger partial charge in [0.2, 0.25) is 0 Å². The van der Waals surface area contributed by atoms with Crippen LogP contribution in [0.2, 0.25) is 0 Å². The van der Waals surface area contributed by atoms with Gasteiger partial charge in [0.05, 0.1) is 13.2 Å². The summed E-state index contributed by atoms with van der Waals surface area (Å²) in [7, 11) is 1.66. The normalized spacial score (nSPS) is 19.6. The second kappa shape index (κ2) is 6.40. The summed E-state index contributed by atoms with van der Waals surface area (Å²) in [6, 6.07) is 7.97. The fourth-order valence-corrected chi connectivity index (χ4v) is 3.02. The van der Waals surface area contributed by atoms with Gasteiger partial charge in [-0.3, -0.25) is 4.90 Å². The molecule has 0 amide bonds. The molecule has 1 saturated heterocycles. The molecule has 1 heterocycles. The first kappa shape index (κ1) is 14.4. The third-order valence-electron chi connectivity index (χ3n) is 4.03. The lowest BCUT2D eigenvalue weighted by Crippen LogP contribution is -2.41. The Morgan fingerprint density at radius 2 is 1.68 bits per heavy atom. The average molecular weight is 263 g/mol. The Morgan fingerprint density at radius 1 is 1.11 bits per heavy atom. The number of rotatable bonds is 5. The van der Waals surface area contributed by atoms with Crippen molar-refractivity contribution in [1.82, 2.24) is 4.90 Å². The van der Waals surface area contributed by atoms with Crippen LogP contribution in [0.15, 0.2) is 24.3 Å². The number of hydrogen-bond donors (Lipinski definition) is 1. The van der Waals surface area contributed by atoms with Crippen molar-refractivity contribution in [2.75, 3.05) is 20.2 Å². The highest BCUT2D eigenvalue weighted by Gasteiger charge is 2.31. The molecule has 0 unspecified atom stereocenters. The summed E-state index contributed by atoms with van der Waals surface area (Å²) in [5.74, 6) is 1.27. The van der Waals surface area contributed by atoms with Gasteiger partial charge in [-0.2, -0.15) is 0 Å². The summed E-state index contributed by atoms with van der Waals surface area (Å²) in [5, 5.41) is 10.7. The second-order valence-corrected chi connectivity index (χ2v) is 5.70. The maximum absolute atomic E-state index is 10.7. The van der Waals surface area contributed by atoms with Crippen molar-refractivity contribution in [3.05, 3.63) is 29.8 Å². The maximum atomic E-state index is 10.7. The average Bonchev–Trinajstić information content (AvgIpc) is 2.92. The van der Waals surface area contributed by atoms with Gasteiger partial charge in [0.1, 0.15) is 5.75 Å². The van der Waals surface area contributed by atoms with Crippen LogP contribution >= 0.6 is 0 Å². The highest BCUT2D eigenvalue weighted by Crippen LogP contribution is 2.30. The molecule has 3 heteroatoms. The molecule has 0 aliphatic carbocycles. The van der Waals surface area contributed by atoms with Gasteiger partial charge in [-0.15, -0.1) is 0 Å². The van der Waals surface area contributed by atoms with Crippen LogP contribution in [0.5, 0.6) is 5.75 Å². The summed E-state index contributed by atoms with van der Waals surface area (Å²) < 4.78 is 5.16. The fraction of sp³-hybridized carbons (Fsp3) is 0.625. The molecule has 2 rings (SSSR count). The number of likely N-dealkylation sites (tertiary alicyclic amines) is 1. The highest BCUT2D eigenvalue weighted by atomic mass is 16.5. The molecular formula is C16H25NO2. The van der Waals surface area contributed by atoms with Gasteiger partial charge in [-0.25, -0.2) is 0 Å². The Hall–Kier alpha value is -1.06. The number of methoxy groups -OCH3 is 1. The smallest absolute Gasteiger partial charge is 0.118 e. The minimum Gasteiger partial charge on any atom is -0.497 e. The molecule has 0 aromatic heterocycles. The quantitative estimate of drug-likeness (QED) is 0.886. The van der Waals surface area contributed by atoms with Crippen LogP contribution in [-0.4, -0.2) is 36.2 Å². The molecule has 3 nitrogen and oxygen atoms in total. The van der Waals surface area contributed by atoms with Crippen molar-refractivity contribution in [3.8, 4) is 5.75 Å². The van der Waals surface area contributed by atoms with E-state index in [0.717, 1.165) is 24.4 Å². The van der Waals surface area contributed by atoms with E-state index in [1.165, 1.54) is 12.8 Å². The Labute approximate surface area is 116 Å². The minimum absolute atomic E-state index is 0.205. The van der Waals surface area contributed by atoms with Crippen LogP contribution in [0.1, 0.15) is 38.4 Å². The predicted molar refractivity (Wildman–Crippen MR) is 77.4 cm³/mol. The van der Waals surface area contributed by atoms with Crippen LogP contribution < -0.4 is 4.74 Å². The third kappa shape index (κ3) is 3.28. The largest absolute Gasteiger partial charge is 0.497 e. The summed E-state index contributed by atoms with van der Waals surface area (Å²) in [5.41, 5.74) is 0.978. The summed E-state index contributed by atoms with van der Waals surface area (Å²) in [4.78, 5) is 2.43. The van der Waals surface area contributed by atoms with Crippen LogP contribution in [0, 0.1) is 5.92 Å². The molecule has 1 N–H and O–H groups in total. The van der Waals surface area contributed by atoms with Crippen molar-refractivity contribution >= 4 is 0 Å². The van der Waals surface area contributed by atoms with Crippen molar-refractivity contribution in [3.63, 3.8) is 0 Å². The Kier molecular flexibility index (Phi) is 4.83. The number of benzene rings is 1. The van der Waals surface area contributed by atoms with Crippen LogP contribution in [0.25, 0.3) is 0 Å². The van der Waals surface area contributed by atoms with Gasteiger partial charge in [-0.1, -0.05) is 26.0 Å². The van der Waals surface area contributed by atoms with E-state index < -0.39 is 6.10 Å². The molecule has 1 aromatic carbocycles. The topological polar surface area (TPSA) is 32.7 Å². The van der Waals surface area contributed by atoms with Crippen LogP contribution in [-0.2, 0) is 0 Å². The zero-order valence-corrected chi connectivity index (χ0v) is 12.2. The third-order valence-corrected chi connectivity index (χ3v) is 4.03. The summed E-state index contributed by atoms with van der Waals surface area (Å²) in [6.07, 6.45) is 2.07. The van der Waals surface area contributed by atoms with E-state index in [9.17, 15) is 5.11 Å². The van der Waals surface area contributed by atoms with Gasteiger partial charge in [0.25, 0.3) is 0 Å². The number of nitrogens with zero attached hydrogens (tertiary/aromatic N) is 1. The number of hydrogen-bond acceptors (Lipinski definition) is 3. The molecule has 0 bridgehead atoms. The van der Waals surface area contributed by atoms with E-state index in [0.29, 0.717) is 5.92 Å². The molecule has 1 fully saturated rings. The number of ether oxygens (including phenoxy) is 1. The summed E-state index contributed by atoms with van der Waals surface area (Å²) >= 11 is 0. The van der Waals surface area contributed by atoms with Gasteiger partial charge in [-0.05, 0) is 49.5 Å². The number of aliphatic hydroxyl groups excluding tert-OH is 1. The zero-order chi connectivity index (χ0) is 13.8. The van der Waals surface area contributed by atoms with Crippen molar-refractivity contribution in [2.45, 2.75) is 38.8 Å². The van der Waals surface area contributed by atoms with E-state index in [1.54, 1.807) is 7.11 Å². The SMILES string of the molecule is COc1ccc([C@@H](O)[C@@H](C(C)C)N2CCCC2)cc1. The summed E-state index contributed by atoms with van der Waals surface area (Å²) in [6.45, 7) is 6.59. The first-order valence-electron chi connectivity index (χ1n) is 7.19. The fourth-order valence-electron chi connectivity index (χ4n) is 3.02. The first-order valence-corrected chi connectivity index (χ1v) is 7.19. The lowest BCUT2D eigenvalue weighted by Gasteiger charge is -2.35. The molecule has 0 spiro atoms. The minimum atomic E-state index is -0.427. The Balaban J connectivity index is 2.15. The zero-order valence-electron chi connectivity index (χ0n) is 12.2. The van der Waals surface area contributed by atoms with E-state index in [4.69, 9.17) is 4.74 Å². The Bertz CT molecular complexity index is 382. The van der Waals surface area contributed by atoms with Crippen molar-refractivity contribution in [2.24, 2.45) is 5.92 Å². The van der Waals surface area contributed by atoms with E-state index in [-0.39, 0.29) is 6.04 Å². The number of aliphatic hydroxyl groups is 1. The lowest BCUT2D eigenvalue weighted by molar-refractivity contribution is 0.0351. The van der Waals surface area contributed by atoms with Gasteiger partial charge < -0.3 is 9.84 Å². The van der Waals surface area contributed by atoms with Crippen molar-refractivity contribution < 1.29 is 9.84 Å². The van der Waals surface area contributed by atoms with E-state index in [1.807, 2.05) is 24.3 Å². The van der Waals surface area contributed by atoms with Gasteiger partial charge in [0.15, 0.2) is 0 Å². The van der Waals surface area contributed by atoms with Crippen molar-refractivity contribution in [1.29, 1.82) is 0 Å². The van der Waals surface area contributed by atoms with Crippen LogP contribution in [0.3, 0.4) is 0 Å². The second-order valence-electron chi connectivity index (χ2n) is 5.70. The molecule has 2 atom stereocenters. The molecule has 106 valence electrons. The van der Waals surface area contributed by atoms with E-state index >= 15 is 0 Å². The molecule has 1 aliphatic heterocycles. The molecule has 0 saturated carbocycles. The van der Waals surface area contributed by atoms with E-state index in [2.05, 4.69) is 18.7 Å². The lowest BCUT2D eigenvalue weighted by atomic mass is 9.92. The highest BCUT2D eigenvalue weighted by molar-refractivity contribution is 5.29. The standard InChI is InChI=1S/C16H25NO2/c1-12(2)15(17-10-4-5-11-17)16(18)13-6-8-14(19-3)9-7-13/h6-9,12,15-16,18H,4-5,10-11H2,1-3H3/t15-,16-/m1/s1. The van der Waals surface area contributed by atoms with Gasteiger partial charge in [0, 0.05) is 6.04 Å². The molecule has 19 heavy (non-hydrogen) atoms. The van der Waals surface area contributed by atoms with Crippen LogP contribution in [0.4, 0.5) is 0 Å². The van der Waals surface area contributed by atoms with Gasteiger partial charge >= 0.3 is 0 Å². The molecule has 0 radical (unpaired) electrons.